The third kappa shape index (κ3) is 6.46. The highest BCUT2D eigenvalue weighted by atomic mass is 32.2. The molecule has 2 heterocycles. The molecule has 2 aromatic heterocycles. The lowest BCUT2D eigenvalue weighted by Crippen LogP contribution is -2.46. The molecule has 0 aliphatic heterocycles. The van der Waals surface area contributed by atoms with Crippen molar-refractivity contribution in [2.45, 2.75) is 10.4 Å². The van der Waals surface area contributed by atoms with Crippen molar-refractivity contribution in [2.75, 3.05) is 26.4 Å². The molecule has 5 nitrogen and oxygen atoms in total. The van der Waals surface area contributed by atoms with E-state index in [1.807, 2.05) is 26.2 Å². The fourth-order valence-corrected chi connectivity index (χ4v) is 4.87. The van der Waals surface area contributed by atoms with E-state index >= 15 is 0 Å². The number of aromatic amines is 2. The Morgan fingerprint density at radius 2 is 1.58 bits per heavy atom. The summed E-state index contributed by atoms with van der Waals surface area (Å²) >= 11 is 3.24. The summed E-state index contributed by atoms with van der Waals surface area (Å²) in [7, 11) is 4.02. The van der Waals surface area contributed by atoms with Crippen molar-refractivity contribution < 1.29 is 13.2 Å². The molecule has 31 heavy (non-hydrogen) atoms. The summed E-state index contributed by atoms with van der Waals surface area (Å²) in [5, 5.41) is 0.0780. The van der Waals surface area contributed by atoms with Crippen molar-refractivity contribution in [1.29, 1.82) is 0 Å². The second kappa shape index (κ2) is 9.71. The third-order valence-electron chi connectivity index (χ3n) is 4.21. The molecule has 0 aliphatic carbocycles. The minimum atomic E-state index is -4.44. The van der Waals surface area contributed by atoms with Crippen molar-refractivity contribution >= 4 is 35.3 Å². The Kier molecular flexibility index (Phi) is 7.24. The molecule has 0 spiro atoms. The second-order valence-corrected chi connectivity index (χ2v) is 9.46. The van der Waals surface area contributed by atoms with Crippen molar-refractivity contribution in [1.82, 2.24) is 14.9 Å². The van der Waals surface area contributed by atoms with Crippen LogP contribution in [-0.4, -0.2) is 41.3 Å². The van der Waals surface area contributed by atoms with E-state index in [0.717, 1.165) is 33.5 Å². The quantitative estimate of drug-likeness (QED) is 0.547. The molecule has 0 atom stereocenters. The van der Waals surface area contributed by atoms with Crippen LogP contribution in [0.3, 0.4) is 0 Å². The Balaban J connectivity index is 1.85. The smallest absolute Gasteiger partial charge is 0.316 e. The summed E-state index contributed by atoms with van der Waals surface area (Å²) in [6, 6.07) is 8.17. The van der Waals surface area contributed by atoms with E-state index in [2.05, 4.69) is 14.9 Å². The number of thioether (sulfide) groups is 1. The first-order valence-electron chi connectivity index (χ1n) is 9.22. The van der Waals surface area contributed by atoms with Crippen LogP contribution in [0.1, 0.15) is 16.0 Å². The molecule has 0 saturated heterocycles. The Hall–Kier alpha value is -2.56. The van der Waals surface area contributed by atoms with Gasteiger partial charge in [0, 0.05) is 17.2 Å². The summed E-state index contributed by atoms with van der Waals surface area (Å²) in [6.45, 7) is 0.950. The molecule has 3 rings (SSSR count). The number of nitrogens with zero attached hydrogens (tertiary/aromatic N) is 1. The maximum atomic E-state index is 12.7. The van der Waals surface area contributed by atoms with Gasteiger partial charge in [0.15, 0.2) is 0 Å². The topological polar surface area (TPSA) is 69.0 Å². The number of halogens is 3. The molecule has 0 fully saturated rings. The lowest BCUT2D eigenvalue weighted by Gasteiger charge is -2.07. The Labute approximate surface area is 184 Å². The van der Waals surface area contributed by atoms with Crippen LogP contribution in [0.5, 0.6) is 0 Å². The Bertz CT molecular complexity index is 1270. The summed E-state index contributed by atoms with van der Waals surface area (Å²) in [5.74, 6) is 0.943. The molecule has 0 amide bonds. The standard InChI is InChI=1S/C21H20F3N3O2S2/c1-27(2)9-10-30-18-8-7-15(31-18)12-17-20(29)25-16(19(28)26-17)11-13-3-5-14(6-4-13)21(22,23)24/h3-8,11-12H,9-10H2,1-2H3,(H,25,29)(H,26,28)/b16-11-,17-12-. The monoisotopic (exact) mass is 467 g/mol. The molecule has 0 aliphatic rings. The van der Waals surface area contributed by atoms with Gasteiger partial charge in [0.2, 0.25) is 0 Å². The summed E-state index contributed by atoms with van der Waals surface area (Å²) in [6.07, 6.45) is -1.51. The van der Waals surface area contributed by atoms with Gasteiger partial charge >= 0.3 is 6.18 Å². The van der Waals surface area contributed by atoms with Gasteiger partial charge < -0.3 is 14.9 Å². The van der Waals surface area contributed by atoms with Gasteiger partial charge in [-0.25, -0.2) is 0 Å². The van der Waals surface area contributed by atoms with Crippen LogP contribution in [0.4, 0.5) is 13.2 Å². The molecule has 0 unspecified atom stereocenters. The predicted molar refractivity (Wildman–Crippen MR) is 119 cm³/mol. The van der Waals surface area contributed by atoms with Crippen molar-refractivity contribution in [3.05, 3.63) is 83.8 Å². The first kappa shape index (κ1) is 23.1. The molecule has 0 bridgehead atoms. The second-order valence-electron chi connectivity index (χ2n) is 6.95. The van der Waals surface area contributed by atoms with E-state index in [1.54, 1.807) is 17.8 Å². The maximum Gasteiger partial charge on any atom is 0.416 e. The molecule has 1 aromatic carbocycles. The number of rotatable bonds is 6. The lowest BCUT2D eigenvalue weighted by atomic mass is 10.1. The van der Waals surface area contributed by atoms with Gasteiger partial charge in [-0.05, 0) is 56.1 Å². The van der Waals surface area contributed by atoms with Crippen LogP contribution in [-0.2, 0) is 6.18 Å². The minimum Gasteiger partial charge on any atom is -0.316 e. The highest BCUT2D eigenvalue weighted by Gasteiger charge is 2.29. The first-order chi connectivity index (χ1) is 14.6. The summed E-state index contributed by atoms with van der Waals surface area (Å²) in [5.41, 5.74) is -1.45. The predicted octanol–water partition coefficient (Wildman–Crippen LogP) is 2.45. The zero-order valence-corrected chi connectivity index (χ0v) is 18.4. The highest BCUT2D eigenvalue weighted by molar-refractivity contribution is 8.01. The van der Waals surface area contributed by atoms with Gasteiger partial charge in [-0.1, -0.05) is 12.1 Å². The van der Waals surface area contributed by atoms with E-state index in [4.69, 9.17) is 0 Å². The van der Waals surface area contributed by atoms with Gasteiger partial charge in [0.25, 0.3) is 11.1 Å². The van der Waals surface area contributed by atoms with Crippen LogP contribution in [0, 0.1) is 0 Å². The largest absolute Gasteiger partial charge is 0.416 e. The molecule has 0 saturated carbocycles. The Morgan fingerprint density at radius 3 is 2.16 bits per heavy atom. The Morgan fingerprint density at radius 1 is 0.968 bits per heavy atom. The van der Waals surface area contributed by atoms with Gasteiger partial charge in [-0.15, -0.1) is 23.1 Å². The van der Waals surface area contributed by atoms with Crippen LogP contribution in [0.15, 0.2) is 50.2 Å². The van der Waals surface area contributed by atoms with Gasteiger partial charge in [-0.3, -0.25) is 9.59 Å². The van der Waals surface area contributed by atoms with Crippen LogP contribution >= 0.6 is 23.1 Å². The highest BCUT2D eigenvalue weighted by Crippen LogP contribution is 2.29. The SMILES string of the molecule is CN(C)CCSc1ccc(/C=c2\[nH]c(=O)/c(=C/c3ccc(C(F)(F)F)cc3)[nH]c2=O)s1. The first-order valence-corrected chi connectivity index (χ1v) is 11.0. The molecule has 3 aromatic rings. The van der Waals surface area contributed by atoms with E-state index in [1.165, 1.54) is 29.5 Å². The van der Waals surface area contributed by atoms with E-state index in [0.29, 0.717) is 5.56 Å². The molecule has 2 N–H and O–H groups in total. The zero-order valence-electron chi connectivity index (χ0n) is 16.7. The van der Waals surface area contributed by atoms with Crippen molar-refractivity contribution in [3.8, 4) is 0 Å². The third-order valence-corrected chi connectivity index (χ3v) is 6.44. The van der Waals surface area contributed by atoms with Crippen LogP contribution in [0.2, 0.25) is 0 Å². The van der Waals surface area contributed by atoms with Gasteiger partial charge in [0.05, 0.1) is 9.77 Å². The molecular weight excluding hydrogens is 447 g/mol. The van der Waals surface area contributed by atoms with Gasteiger partial charge in [-0.2, -0.15) is 13.2 Å². The number of benzene rings is 1. The number of thiophene rings is 1. The fourth-order valence-electron chi connectivity index (χ4n) is 2.59. The summed E-state index contributed by atoms with van der Waals surface area (Å²) < 4.78 is 39.1. The molecule has 0 radical (unpaired) electrons. The average Bonchev–Trinajstić information content (AvgIpc) is 3.12. The molecular formula is C21H20F3N3O2S2. The molecule has 164 valence electrons. The molecule has 10 heteroatoms. The van der Waals surface area contributed by atoms with Gasteiger partial charge in [0.1, 0.15) is 10.7 Å². The van der Waals surface area contributed by atoms with Crippen LogP contribution < -0.4 is 21.8 Å². The maximum absolute atomic E-state index is 12.7. The number of aromatic nitrogens is 2. The van der Waals surface area contributed by atoms with E-state index in [9.17, 15) is 22.8 Å². The number of H-pyrrole nitrogens is 2. The normalized spacial score (nSPS) is 13.4. The average molecular weight is 468 g/mol. The van der Waals surface area contributed by atoms with Crippen LogP contribution in [0.25, 0.3) is 12.2 Å². The lowest BCUT2D eigenvalue weighted by molar-refractivity contribution is -0.137. The van der Waals surface area contributed by atoms with Crippen molar-refractivity contribution in [3.63, 3.8) is 0 Å². The minimum absolute atomic E-state index is 0.0342. The van der Waals surface area contributed by atoms with E-state index in [-0.39, 0.29) is 10.7 Å². The van der Waals surface area contributed by atoms with Crippen molar-refractivity contribution in [2.24, 2.45) is 0 Å². The summed E-state index contributed by atoms with van der Waals surface area (Å²) in [4.78, 5) is 32.7. The number of hydrogen-bond donors (Lipinski definition) is 2. The van der Waals surface area contributed by atoms with E-state index < -0.39 is 22.9 Å². The number of alkyl halides is 3. The zero-order chi connectivity index (χ0) is 22.6. The number of nitrogens with one attached hydrogen (secondary N) is 2. The fraction of sp³-hybridized carbons (Fsp3) is 0.238. The number of hydrogen-bond acceptors (Lipinski definition) is 5.